The summed E-state index contributed by atoms with van der Waals surface area (Å²) in [7, 11) is 0. The monoisotopic (exact) mass is 402 g/mol. The molecule has 1 aliphatic heterocycles. The number of piperazine rings is 1. The van der Waals surface area contributed by atoms with E-state index in [4.69, 9.17) is 9.97 Å². The molecule has 2 bridgehead atoms. The molecule has 152 valence electrons. The molecule has 1 aromatic heterocycles. The van der Waals surface area contributed by atoms with Gasteiger partial charge in [-0.3, -0.25) is 4.79 Å². The Balaban J connectivity index is 1.22. The van der Waals surface area contributed by atoms with Crippen LogP contribution in [0.4, 0.5) is 10.1 Å². The molecule has 2 fully saturated rings. The maximum Gasteiger partial charge on any atom is 0.254 e. The van der Waals surface area contributed by atoms with E-state index in [1.807, 2.05) is 34.1 Å². The second kappa shape index (κ2) is 6.76. The van der Waals surface area contributed by atoms with Gasteiger partial charge in [0.05, 0.1) is 28.1 Å². The van der Waals surface area contributed by atoms with Crippen LogP contribution in [0.3, 0.4) is 0 Å². The minimum Gasteiger partial charge on any atom is -0.366 e. The average molecular weight is 402 g/mol. The number of carbonyl (C=O) groups excluding carboxylic acids is 1. The van der Waals surface area contributed by atoms with Crippen LogP contribution in [0.2, 0.25) is 0 Å². The first-order valence-electron chi connectivity index (χ1n) is 10.8. The molecular formula is C24H23FN4O. The summed E-state index contributed by atoms with van der Waals surface area (Å²) in [5.41, 5.74) is 5.29. The summed E-state index contributed by atoms with van der Waals surface area (Å²) in [6.07, 6.45) is 3.62. The van der Waals surface area contributed by atoms with Crippen molar-refractivity contribution in [2.45, 2.75) is 31.1 Å². The molecule has 1 saturated heterocycles. The van der Waals surface area contributed by atoms with E-state index < -0.39 is 0 Å². The van der Waals surface area contributed by atoms with Crippen molar-refractivity contribution in [3.8, 4) is 0 Å². The highest BCUT2D eigenvalue weighted by molar-refractivity contribution is 5.97. The smallest absolute Gasteiger partial charge is 0.254 e. The molecule has 2 atom stereocenters. The number of benzene rings is 2. The van der Waals surface area contributed by atoms with Crippen molar-refractivity contribution in [2.75, 3.05) is 31.1 Å². The molecule has 1 saturated carbocycles. The Hall–Kier alpha value is -3.02. The first-order chi connectivity index (χ1) is 14.7. The van der Waals surface area contributed by atoms with Crippen LogP contribution in [0.1, 0.15) is 52.8 Å². The predicted octanol–water partition coefficient (Wildman–Crippen LogP) is 4.10. The Morgan fingerprint density at radius 3 is 2.33 bits per heavy atom. The summed E-state index contributed by atoms with van der Waals surface area (Å²) >= 11 is 0. The fraction of sp³-hybridized carbons (Fsp3) is 0.375. The van der Waals surface area contributed by atoms with E-state index in [2.05, 4.69) is 0 Å². The van der Waals surface area contributed by atoms with E-state index in [0.717, 1.165) is 16.7 Å². The Labute approximate surface area is 174 Å². The van der Waals surface area contributed by atoms with Gasteiger partial charge in [0.25, 0.3) is 5.91 Å². The molecule has 1 amide bonds. The first kappa shape index (κ1) is 17.8. The molecule has 30 heavy (non-hydrogen) atoms. The van der Waals surface area contributed by atoms with E-state index in [-0.39, 0.29) is 11.7 Å². The lowest BCUT2D eigenvalue weighted by Crippen LogP contribution is -2.49. The molecule has 5 nitrogen and oxygen atoms in total. The molecular weight excluding hydrogens is 379 g/mol. The number of hydrogen-bond acceptors (Lipinski definition) is 4. The van der Waals surface area contributed by atoms with Gasteiger partial charge in [-0.1, -0.05) is 12.1 Å². The van der Waals surface area contributed by atoms with Crippen LogP contribution in [-0.4, -0.2) is 47.0 Å². The van der Waals surface area contributed by atoms with Crippen molar-refractivity contribution in [3.63, 3.8) is 0 Å². The van der Waals surface area contributed by atoms with Crippen molar-refractivity contribution in [1.29, 1.82) is 0 Å². The summed E-state index contributed by atoms with van der Waals surface area (Å²) < 4.78 is 14.1. The third-order valence-corrected chi connectivity index (χ3v) is 6.93. The average Bonchev–Trinajstić information content (AvgIpc) is 3.40. The van der Waals surface area contributed by atoms with Crippen LogP contribution in [0.5, 0.6) is 0 Å². The zero-order valence-corrected chi connectivity index (χ0v) is 16.7. The SMILES string of the molecule is O=C(c1ccc2nc3c(nc2c1)C1CCC3C1)N1CCN(c2ccccc2F)CC1. The highest BCUT2D eigenvalue weighted by Crippen LogP contribution is 2.51. The highest BCUT2D eigenvalue weighted by atomic mass is 19.1. The lowest BCUT2D eigenvalue weighted by Gasteiger charge is -2.36. The van der Waals surface area contributed by atoms with Gasteiger partial charge in [-0.15, -0.1) is 0 Å². The quantitative estimate of drug-likeness (QED) is 0.648. The zero-order chi connectivity index (χ0) is 20.2. The van der Waals surface area contributed by atoms with Gasteiger partial charge in [0.2, 0.25) is 0 Å². The summed E-state index contributed by atoms with van der Waals surface area (Å²) in [4.78, 5) is 26.7. The van der Waals surface area contributed by atoms with Crippen LogP contribution in [0, 0.1) is 5.82 Å². The van der Waals surface area contributed by atoms with E-state index >= 15 is 0 Å². The van der Waals surface area contributed by atoms with Crippen LogP contribution < -0.4 is 4.90 Å². The van der Waals surface area contributed by atoms with E-state index in [1.165, 1.54) is 31.0 Å². The predicted molar refractivity (Wildman–Crippen MR) is 113 cm³/mol. The van der Waals surface area contributed by atoms with E-state index in [1.54, 1.807) is 12.1 Å². The normalized spacial score (nSPS) is 22.6. The van der Waals surface area contributed by atoms with Gasteiger partial charge in [-0.05, 0) is 49.6 Å². The first-order valence-corrected chi connectivity index (χ1v) is 10.8. The largest absolute Gasteiger partial charge is 0.366 e. The van der Waals surface area contributed by atoms with Crippen LogP contribution in [-0.2, 0) is 0 Å². The third kappa shape index (κ3) is 2.77. The molecule has 6 rings (SSSR count). The summed E-state index contributed by atoms with van der Waals surface area (Å²) in [6, 6.07) is 12.5. The zero-order valence-electron chi connectivity index (χ0n) is 16.7. The summed E-state index contributed by atoms with van der Waals surface area (Å²) in [5.74, 6) is 0.919. The number of rotatable bonds is 2. The molecule has 0 N–H and O–H groups in total. The fourth-order valence-electron chi connectivity index (χ4n) is 5.33. The minimum atomic E-state index is -0.216. The van der Waals surface area contributed by atoms with Gasteiger partial charge in [0.15, 0.2) is 0 Å². The molecule has 2 aliphatic carbocycles. The molecule has 3 aromatic rings. The second-order valence-corrected chi connectivity index (χ2v) is 8.64. The molecule has 2 unspecified atom stereocenters. The van der Waals surface area contributed by atoms with Crippen LogP contribution in [0.25, 0.3) is 11.0 Å². The van der Waals surface area contributed by atoms with Gasteiger partial charge in [-0.2, -0.15) is 0 Å². The maximum absolute atomic E-state index is 14.1. The highest BCUT2D eigenvalue weighted by Gasteiger charge is 2.39. The van der Waals surface area contributed by atoms with Gasteiger partial charge in [0, 0.05) is 43.6 Å². The number of amides is 1. The summed E-state index contributed by atoms with van der Waals surface area (Å²) in [6.45, 7) is 2.39. The van der Waals surface area contributed by atoms with Gasteiger partial charge < -0.3 is 9.80 Å². The summed E-state index contributed by atoms with van der Waals surface area (Å²) in [5, 5.41) is 0. The number of para-hydroxylation sites is 1. The van der Waals surface area contributed by atoms with Crippen molar-refractivity contribution >= 4 is 22.6 Å². The maximum atomic E-state index is 14.1. The number of fused-ring (bicyclic) bond motifs is 6. The van der Waals surface area contributed by atoms with Crippen LogP contribution >= 0.6 is 0 Å². The Morgan fingerprint density at radius 1 is 0.900 bits per heavy atom. The lowest BCUT2D eigenvalue weighted by atomic mass is 10.00. The molecule has 3 aliphatic rings. The molecule has 0 spiro atoms. The number of carbonyl (C=O) groups is 1. The number of nitrogens with zero attached hydrogens (tertiary/aromatic N) is 4. The number of halogens is 1. The Bertz CT molecular complexity index is 1160. The van der Waals surface area contributed by atoms with Gasteiger partial charge >= 0.3 is 0 Å². The number of aromatic nitrogens is 2. The second-order valence-electron chi connectivity index (χ2n) is 8.64. The number of hydrogen-bond donors (Lipinski definition) is 0. The molecule has 2 heterocycles. The fourth-order valence-corrected chi connectivity index (χ4v) is 5.33. The molecule has 2 aromatic carbocycles. The van der Waals surface area contributed by atoms with Crippen molar-refractivity contribution in [2.24, 2.45) is 0 Å². The van der Waals surface area contributed by atoms with Crippen molar-refractivity contribution in [3.05, 3.63) is 65.2 Å². The van der Waals surface area contributed by atoms with E-state index in [9.17, 15) is 9.18 Å². The van der Waals surface area contributed by atoms with Crippen molar-refractivity contribution < 1.29 is 9.18 Å². The topological polar surface area (TPSA) is 49.3 Å². The molecule has 6 heteroatoms. The van der Waals surface area contributed by atoms with E-state index in [0.29, 0.717) is 49.3 Å². The lowest BCUT2D eigenvalue weighted by molar-refractivity contribution is 0.0747. The Kier molecular flexibility index (Phi) is 4.01. The van der Waals surface area contributed by atoms with Gasteiger partial charge in [0.1, 0.15) is 5.82 Å². The van der Waals surface area contributed by atoms with Crippen molar-refractivity contribution in [1.82, 2.24) is 14.9 Å². The standard InChI is InChI=1S/C24H23FN4O/c25-18-3-1-2-4-21(18)28-9-11-29(12-10-28)24(30)17-7-8-19-20(14-17)27-23-16-6-5-15(13-16)22(23)26-19/h1-4,7-8,14-16H,5-6,9-13H2. The minimum absolute atomic E-state index is 0.00824. The molecule has 0 radical (unpaired) electrons. The number of anilines is 1. The Morgan fingerprint density at radius 2 is 1.60 bits per heavy atom. The third-order valence-electron chi connectivity index (χ3n) is 6.93. The van der Waals surface area contributed by atoms with Crippen LogP contribution in [0.15, 0.2) is 42.5 Å². The van der Waals surface area contributed by atoms with Gasteiger partial charge in [-0.25, -0.2) is 14.4 Å².